The number of imidazole rings is 1. The number of hydrogen-bond acceptors (Lipinski definition) is 4. The molecule has 0 aliphatic carbocycles. The largest absolute Gasteiger partial charge is 0.381 e. The predicted molar refractivity (Wildman–Crippen MR) is 106 cm³/mol. The topological polar surface area (TPSA) is 82.2 Å². The minimum Gasteiger partial charge on any atom is -0.381 e. The Hall–Kier alpha value is -1.67. The number of aryl methyl sites for hydroxylation is 1. The first-order valence-corrected chi connectivity index (χ1v) is 8.41. The molecular formula is C18H25Cl2FN4O2. The highest BCUT2D eigenvalue weighted by atomic mass is 35.5. The third-order valence-electron chi connectivity index (χ3n) is 4.87. The van der Waals surface area contributed by atoms with Crippen LogP contribution in [0.1, 0.15) is 24.2 Å². The van der Waals surface area contributed by atoms with Gasteiger partial charge in [-0.25, -0.2) is 9.37 Å². The lowest BCUT2D eigenvalue weighted by atomic mass is 9.79. The van der Waals surface area contributed by atoms with Crippen LogP contribution in [-0.2, 0) is 16.1 Å². The van der Waals surface area contributed by atoms with Gasteiger partial charge in [-0.05, 0) is 37.5 Å². The number of benzene rings is 1. The quantitative estimate of drug-likeness (QED) is 0.781. The summed E-state index contributed by atoms with van der Waals surface area (Å²) >= 11 is 0. The molecule has 1 aromatic carbocycles. The van der Waals surface area contributed by atoms with Crippen LogP contribution in [0, 0.1) is 18.2 Å². The van der Waals surface area contributed by atoms with Crippen LogP contribution in [0.2, 0.25) is 0 Å². The Balaban J connectivity index is 0.00000182. The fourth-order valence-corrected chi connectivity index (χ4v) is 3.14. The van der Waals surface area contributed by atoms with E-state index in [0.717, 1.165) is 0 Å². The molecule has 1 aliphatic heterocycles. The summed E-state index contributed by atoms with van der Waals surface area (Å²) < 4.78 is 21.4. The first-order valence-electron chi connectivity index (χ1n) is 8.41. The van der Waals surface area contributed by atoms with E-state index in [1.165, 1.54) is 6.07 Å². The highest BCUT2D eigenvalue weighted by Crippen LogP contribution is 2.29. The van der Waals surface area contributed by atoms with E-state index in [9.17, 15) is 9.18 Å². The lowest BCUT2D eigenvalue weighted by Crippen LogP contribution is -2.48. The highest BCUT2D eigenvalue weighted by molar-refractivity contribution is 5.85. The number of amides is 1. The van der Waals surface area contributed by atoms with Crippen LogP contribution in [-0.4, -0.2) is 35.2 Å². The number of halogens is 3. The number of rotatable bonds is 5. The molecule has 1 fully saturated rings. The van der Waals surface area contributed by atoms with Crippen molar-refractivity contribution in [3.05, 3.63) is 47.8 Å². The number of hydrogen-bond donors (Lipinski definition) is 2. The Morgan fingerprint density at radius 2 is 2.07 bits per heavy atom. The Bertz CT molecular complexity index is 764. The van der Waals surface area contributed by atoms with Crippen molar-refractivity contribution in [1.29, 1.82) is 0 Å². The molecule has 0 spiro atoms. The van der Waals surface area contributed by atoms with Gasteiger partial charge >= 0.3 is 0 Å². The van der Waals surface area contributed by atoms with E-state index >= 15 is 0 Å². The molecule has 0 unspecified atom stereocenters. The van der Waals surface area contributed by atoms with Crippen LogP contribution in [0.4, 0.5) is 4.39 Å². The van der Waals surface area contributed by atoms with Gasteiger partial charge in [-0.1, -0.05) is 6.07 Å². The van der Waals surface area contributed by atoms with Crippen LogP contribution in [0.3, 0.4) is 0 Å². The number of carbonyl (C=O) groups excluding carboxylic acids is 1. The molecule has 6 nitrogen and oxygen atoms in total. The van der Waals surface area contributed by atoms with Crippen molar-refractivity contribution >= 4 is 30.7 Å². The van der Waals surface area contributed by atoms with E-state index in [1.807, 2.05) is 6.92 Å². The first-order chi connectivity index (χ1) is 12.1. The number of nitrogens with two attached hydrogens (primary N) is 1. The molecule has 0 bridgehead atoms. The van der Waals surface area contributed by atoms with Crippen molar-refractivity contribution in [3.63, 3.8) is 0 Å². The summed E-state index contributed by atoms with van der Waals surface area (Å²) in [6, 6.07) is 4.93. The summed E-state index contributed by atoms with van der Waals surface area (Å²) in [4.78, 5) is 16.7. The molecule has 0 atom stereocenters. The Kier molecular flexibility index (Phi) is 8.68. The zero-order valence-electron chi connectivity index (χ0n) is 15.1. The molecule has 1 aliphatic rings. The Labute approximate surface area is 170 Å². The number of nitrogens with one attached hydrogen (secondary N) is 1. The maximum atomic E-state index is 14.4. The van der Waals surface area contributed by atoms with Gasteiger partial charge in [0.1, 0.15) is 11.6 Å². The second-order valence-electron chi connectivity index (χ2n) is 6.41. The van der Waals surface area contributed by atoms with Crippen LogP contribution >= 0.6 is 24.8 Å². The number of aromatic nitrogens is 2. The van der Waals surface area contributed by atoms with Gasteiger partial charge in [-0.3, -0.25) is 4.79 Å². The van der Waals surface area contributed by atoms with Gasteiger partial charge < -0.3 is 20.4 Å². The maximum absolute atomic E-state index is 14.4. The van der Waals surface area contributed by atoms with Crippen molar-refractivity contribution in [2.75, 3.05) is 19.8 Å². The molecule has 1 amide bonds. The van der Waals surface area contributed by atoms with Crippen LogP contribution in [0.15, 0.2) is 30.6 Å². The fourth-order valence-electron chi connectivity index (χ4n) is 3.14. The molecule has 3 N–H and O–H groups in total. The smallest absolute Gasteiger partial charge is 0.227 e. The fraction of sp³-hybridized carbons (Fsp3) is 0.444. The summed E-state index contributed by atoms with van der Waals surface area (Å²) in [6.45, 7) is 3.45. The van der Waals surface area contributed by atoms with E-state index < -0.39 is 5.41 Å². The van der Waals surface area contributed by atoms with E-state index in [-0.39, 0.29) is 49.6 Å². The minimum absolute atomic E-state index is 0. The van der Waals surface area contributed by atoms with E-state index in [4.69, 9.17) is 10.5 Å². The van der Waals surface area contributed by atoms with Gasteiger partial charge in [0.05, 0.1) is 11.1 Å². The third-order valence-corrected chi connectivity index (χ3v) is 4.87. The van der Waals surface area contributed by atoms with Gasteiger partial charge in [-0.2, -0.15) is 0 Å². The van der Waals surface area contributed by atoms with Gasteiger partial charge in [0, 0.05) is 38.7 Å². The second kappa shape index (κ2) is 10.0. The SMILES string of the molecule is Cc1nccn1-c1ccc(CNC(=O)C2(CN)CCOCC2)cc1F.Cl.Cl. The third kappa shape index (κ3) is 4.99. The molecule has 3 rings (SSSR count). The molecule has 27 heavy (non-hydrogen) atoms. The summed E-state index contributed by atoms with van der Waals surface area (Å²) in [5, 5.41) is 2.89. The van der Waals surface area contributed by atoms with Gasteiger partial charge in [0.25, 0.3) is 0 Å². The van der Waals surface area contributed by atoms with Crippen molar-refractivity contribution in [2.45, 2.75) is 26.3 Å². The summed E-state index contributed by atoms with van der Waals surface area (Å²) in [6.07, 6.45) is 4.57. The van der Waals surface area contributed by atoms with Gasteiger partial charge in [0.2, 0.25) is 5.91 Å². The van der Waals surface area contributed by atoms with Crippen molar-refractivity contribution in [3.8, 4) is 5.69 Å². The van der Waals surface area contributed by atoms with Crippen LogP contribution in [0.5, 0.6) is 0 Å². The Morgan fingerprint density at radius 3 is 2.63 bits per heavy atom. The monoisotopic (exact) mass is 418 g/mol. The van der Waals surface area contributed by atoms with Crippen LogP contribution in [0.25, 0.3) is 5.69 Å². The summed E-state index contributed by atoms with van der Waals surface area (Å²) in [7, 11) is 0. The van der Waals surface area contributed by atoms with Gasteiger partial charge in [-0.15, -0.1) is 24.8 Å². The lowest BCUT2D eigenvalue weighted by molar-refractivity contribution is -0.136. The molecule has 9 heteroatoms. The van der Waals surface area contributed by atoms with Crippen molar-refractivity contribution in [1.82, 2.24) is 14.9 Å². The number of ether oxygens (including phenoxy) is 1. The summed E-state index contributed by atoms with van der Waals surface area (Å²) in [5.74, 6) is 0.269. The molecule has 0 saturated carbocycles. The molecule has 2 heterocycles. The van der Waals surface area contributed by atoms with E-state index in [1.54, 1.807) is 29.1 Å². The zero-order valence-corrected chi connectivity index (χ0v) is 16.7. The van der Waals surface area contributed by atoms with E-state index in [2.05, 4.69) is 10.3 Å². The number of nitrogens with zero attached hydrogens (tertiary/aromatic N) is 2. The van der Waals surface area contributed by atoms with Gasteiger partial charge in [0.15, 0.2) is 0 Å². The van der Waals surface area contributed by atoms with Crippen molar-refractivity contribution in [2.24, 2.45) is 11.1 Å². The normalized spacial score (nSPS) is 15.4. The highest BCUT2D eigenvalue weighted by Gasteiger charge is 2.38. The summed E-state index contributed by atoms with van der Waals surface area (Å²) in [5.41, 5.74) is 6.40. The zero-order chi connectivity index (χ0) is 17.9. The Morgan fingerprint density at radius 1 is 1.37 bits per heavy atom. The molecular weight excluding hydrogens is 394 g/mol. The van der Waals surface area contributed by atoms with Crippen LogP contribution < -0.4 is 11.1 Å². The standard InChI is InChI=1S/C18H23FN4O2.2ClH/c1-13-21-6-7-23(13)16-3-2-14(10-15(16)19)11-22-17(24)18(12-20)4-8-25-9-5-18;;/h2-3,6-7,10H,4-5,8-9,11-12,20H2,1H3,(H,22,24);2*1H. The average Bonchev–Trinajstić information content (AvgIpc) is 3.06. The molecule has 1 saturated heterocycles. The molecule has 150 valence electrons. The lowest BCUT2D eigenvalue weighted by Gasteiger charge is -2.34. The molecule has 0 radical (unpaired) electrons. The minimum atomic E-state index is -0.579. The first kappa shape index (κ1) is 23.4. The predicted octanol–water partition coefficient (Wildman–Crippen LogP) is 2.54. The van der Waals surface area contributed by atoms with E-state index in [0.29, 0.717) is 43.1 Å². The maximum Gasteiger partial charge on any atom is 0.227 e. The molecule has 1 aromatic heterocycles. The molecule has 2 aromatic rings. The number of carbonyl (C=O) groups is 1. The van der Waals surface area contributed by atoms with Crippen molar-refractivity contribution < 1.29 is 13.9 Å². The average molecular weight is 419 g/mol. The second-order valence-corrected chi connectivity index (χ2v) is 6.41.